The summed E-state index contributed by atoms with van der Waals surface area (Å²) in [4.78, 5) is 9.00. The van der Waals surface area contributed by atoms with Crippen molar-refractivity contribution in [1.82, 2.24) is 14.5 Å². The summed E-state index contributed by atoms with van der Waals surface area (Å²) in [5.74, 6) is 0.474. The van der Waals surface area contributed by atoms with Gasteiger partial charge < -0.3 is 15.0 Å². The van der Waals surface area contributed by atoms with E-state index in [-0.39, 0.29) is 23.9 Å². The van der Waals surface area contributed by atoms with E-state index in [9.17, 15) is 0 Å². The maximum atomic E-state index is 6.13. The van der Waals surface area contributed by atoms with Crippen LogP contribution in [0.25, 0.3) is 21.9 Å². The fourth-order valence-corrected chi connectivity index (χ4v) is 2.98. The highest BCUT2D eigenvalue weighted by molar-refractivity contribution is 6.06. The van der Waals surface area contributed by atoms with Gasteiger partial charge in [0, 0.05) is 12.0 Å². The number of nitrogens with zero attached hydrogens (tertiary/aromatic N) is 3. The summed E-state index contributed by atoms with van der Waals surface area (Å²) < 4.78 is 7.94. The number of nitrogens with two attached hydrogens (primary N) is 1. The van der Waals surface area contributed by atoms with Crippen LogP contribution in [0.2, 0.25) is 0 Å². The number of para-hydroxylation sites is 1. The summed E-state index contributed by atoms with van der Waals surface area (Å²) in [6.45, 7) is 10.0. The Morgan fingerprint density at radius 3 is 2.62 bits per heavy atom. The maximum absolute atomic E-state index is 6.13. The van der Waals surface area contributed by atoms with Gasteiger partial charge >= 0.3 is 0 Å². The number of benzene rings is 1. The van der Waals surface area contributed by atoms with E-state index in [1.54, 1.807) is 0 Å². The Hall–Kier alpha value is -1.85. The molecule has 5 nitrogen and oxygen atoms in total. The second-order valence-corrected chi connectivity index (χ2v) is 6.90. The minimum Gasteiger partial charge on any atom is -0.382 e. The minimum absolute atomic E-state index is 0. The highest BCUT2D eigenvalue weighted by Gasteiger charge is 2.28. The van der Waals surface area contributed by atoms with E-state index in [0.717, 1.165) is 21.9 Å². The molecule has 3 aromatic rings. The van der Waals surface area contributed by atoms with Crippen LogP contribution in [0.1, 0.15) is 33.7 Å². The summed E-state index contributed by atoms with van der Waals surface area (Å²) in [5.41, 5.74) is 8.84. The molecule has 0 radical (unpaired) electrons. The molecule has 1 aromatic carbocycles. The summed E-state index contributed by atoms with van der Waals surface area (Å²) >= 11 is 0. The van der Waals surface area contributed by atoms with Crippen LogP contribution in [-0.2, 0) is 4.74 Å². The zero-order valence-corrected chi connectivity index (χ0v) is 15.4. The van der Waals surface area contributed by atoms with Crippen molar-refractivity contribution in [2.75, 3.05) is 18.9 Å². The molecule has 130 valence electrons. The Morgan fingerprint density at radius 2 is 1.96 bits per heavy atom. The lowest BCUT2D eigenvalue weighted by Crippen LogP contribution is -2.28. The van der Waals surface area contributed by atoms with Gasteiger partial charge in [-0.1, -0.05) is 39.0 Å². The van der Waals surface area contributed by atoms with Gasteiger partial charge in [-0.05, 0) is 18.4 Å². The average molecular weight is 349 g/mol. The van der Waals surface area contributed by atoms with Crippen molar-refractivity contribution >= 4 is 40.2 Å². The van der Waals surface area contributed by atoms with E-state index in [4.69, 9.17) is 10.5 Å². The van der Waals surface area contributed by atoms with Crippen molar-refractivity contribution in [1.29, 1.82) is 0 Å². The van der Waals surface area contributed by atoms with Crippen molar-refractivity contribution in [2.24, 2.45) is 5.41 Å². The number of imidazole rings is 1. The van der Waals surface area contributed by atoms with E-state index in [2.05, 4.69) is 41.4 Å². The maximum Gasteiger partial charge on any atom is 0.152 e. The molecule has 2 heterocycles. The molecule has 0 saturated carbocycles. The fraction of sp³-hybridized carbons (Fsp3) is 0.444. The number of ether oxygens (including phenoxy) is 1. The highest BCUT2D eigenvalue weighted by Crippen LogP contribution is 2.36. The van der Waals surface area contributed by atoms with Gasteiger partial charge in [0.05, 0.1) is 30.0 Å². The molecule has 0 aliphatic heterocycles. The second-order valence-electron chi connectivity index (χ2n) is 6.90. The molecule has 0 fully saturated rings. The Bertz CT molecular complexity index is 838. The van der Waals surface area contributed by atoms with Crippen molar-refractivity contribution in [3.05, 3.63) is 30.6 Å². The van der Waals surface area contributed by atoms with E-state index in [1.165, 1.54) is 0 Å². The molecule has 24 heavy (non-hydrogen) atoms. The second kappa shape index (κ2) is 6.95. The molecule has 0 bridgehead atoms. The number of hydrogen-bond acceptors (Lipinski definition) is 4. The molecular formula is C18H25ClN4O. The monoisotopic (exact) mass is 348 g/mol. The van der Waals surface area contributed by atoms with E-state index < -0.39 is 0 Å². The topological polar surface area (TPSA) is 66.0 Å². The number of hydrogen-bond donors (Lipinski definition) is 1. The average Bonchev–Trinajstić information content (AvgIpc) is 2.92. The van der Waals surface area contributed by atoms with Crippen molar-refractivity contribution < 1.29 is 4.74 Å². The summed E-state index contributed by atoms with van der Waals surface area (Å²) in [6, 6.07) is 8.21. The van der Waals surface area contributed by atoms with Gasteiger partial charge in [0.1, 0.15) is 5.52 Å². The first-order valence-electron chi connectivity index (χ1n) is 8.02. The van der Waals surface area contributed by atoms with Gasteiger partial charge in [-0.15, -0.1) is 12.4 Å². The summed E-state index contributed by atoms with van der Waals surface area (Å²) in [7, 11) is 0. The van der Waals surface area contributed by atoms with E-state index >= 15 is 0 Å². The van der Waals surface area contributed by atoms with Gasteiger partial charge in [-0.25, -0.2) is 9.97 Å². The Balaban J connectivity index is 0.00000208. The Labute approximate surface area is 148 Å². The quantitative estimate of drug-likeness (QED) is 0.766. The highest BCUT2D eigenvalue weighted by atomic mass is 35.5. The molecule has 3 rings (SSSR count). The molecular weight excluding hydrogens is 324 g/mol. The van der Waals surface area contributed by atoms with Crippen LogP contribution in [0, 0.1) is 5.41 Å². The predicted octanol–water partition coefficient (Wildman–Crippen LogP) is 4.21. The molecule has 0 spiro atoms. The lowest BCUT2D eigenvalue weighted by Gasteiger charge is -2.32. The molecule has 6 heteroatoms. The van der Waals surface area contributed by atoms with Gasteiger partial charge in [-0.2, -0.15) is 0 Å². The molecule has 0 aliphatic carbocycles. The Morgan fingerprint density at radius 1 is 1.25 bits per heavy atom. The number of rotatable bonds is 4. The van der Waals surface area contributed by atoms with Gasteiger partial charge in [0.25, 0.3) is 0 Å². The third-order valence-corrected chi connectivity index (χ3v) is 4.25. The molecule has 0 unspecified atom stereocenters. The number of fused-ring (bicyclic) bond motifs is 3. The SMILES string of the molecule is CCOC[C@@H](n1cnc2c(N)nc3ccccc3c21)C(C)(C)C.Cl. The van der Waals surface area contributed by atoms with E-state index in [1.807, 2.05) is 31.5 Å². The standard InChI is InChI=1S/C18H24N4O.ClH/c1-5-23-10-14(18(2,3)4)22-11-20-15-16(22)12-8-6-7-9-13(12)21-17(15)19;/h6-9,11,14H,5,10H2,1-4H3,(H2,19,21);1H/t14-;/m1./s1. The van der Waals surface area contributed by atoms with E-state index in [0.29, 0.717) is 19.0 Å². The Kier molecular flexibility index (Phi) is 5.35. The van der Waals surface area contributed by atoms with Crippen LogP contribution in [0.5, 0.6) is 0 Å². The van der Waals surface area contributed by atoms with Gasteiger partial charge in [0.2, 0.25) is 0 Å². The number of aromatic nitrogens is 3. The molecule has 1 atom stereocenters. The smallest absolute Gasteiger partial charge is 0.152 e. The van der Waals surface area contributed by atoms with Crippen molar-refractivity contribution in [3.63, 3.8) is 0 Å². The molecule has 2 N–H and O–H groups in total. The lowest BCUT2D eigenvalue weighted by atomic mass is 9.87. The first kappa shape index (κ1) is 18.5. The minimum atomic E-state index is 0. The predicted molar refractivity (Wildman–Crippen MR) is 102 cm³/mol. The fourth-order valence-electron chi connectivity index (χ4n) is 2.98. The van der Waals surface area contributed by atoms with Crippen molar-refractivity contribution in [3.8, 4) is 0 Å². The van der Waals surface area contributed by atoms with Gasteiger partial charge in [-0.3, -0.25) is 0 Å². The zero-order valence-electron chi connectivity index (χ0n) is 14.6. The van der Waals surface area contributed by atoms with Crippen LogP contribution >= 0.6 is 12.4 Å². The number of nitrogen functional groups attached to an aromatic ring is 1. The normalized spacial score (nSPS) is 13.2. The first-order valence-corrected chi connectivity index (χ1v) is 8.02. The number of pyridine rings is 1. The van der Waals surface area contributed by atoms with Crippen LogP contribution in [-0.4, -0.2) is 27.7 Å². The first-order chi connectivity index (χ1) is 10.9. The third kappa shape index (κ3) is 3.19. The summed E-state index contributed by atoms with van der Waals surface area (Å²) in [6.07, 6.45) is 1.87. The van der Waals surface area contributed by atoms with Gasteiger partial charge in [0.15, 0.2) is 5.82 Å². The van der Waals surface area contributed by atoms with Crippen LogP contribution in [0.4, 0.5) is 5.82 Å². The van der Waals surface area contributed by atoms with Crippen molar-refractivity contribution in [2.45, 2.75) is 33.7 Å². The lowest BCUT2D eigenvalue weighted by molar-refractivity contribution is 0.0702. The molecule has 0 saturated heterocycles. The number of anilines is 1. The summed E-state index contributed by atoms with van der Waals surface area (Å²) in [5, 5.41) is 1.07. The van der Waals surface area contributed by atoms with Crippen LogP contribution < -0.4 is 5.73 Å². The number of halogens is 1. The zero-order chi connectivity index (χ0) is 16.6. The molecule has 0 aliphatic rings. The molecule has 2 aromatic heterocycles. The largest absolute Gasteiger partial charge is 0.382 e. The molecule has 0 amide bonds. The van der Waals surface area contributed by atoms with Crippen LogP contribution in [0.15, 0.2) is 30.6 Å². The third-order valence-electron chi connectivity index (χ3n) is 4.25. The van der Waals surface area contributed by atoms with Crippen LogP contribution in [0.3, 0.4) is 0 Å².